The molecule has 0 aliphatic carbocycles. The van der Waals surface area contributed by atoms with Gasteiger partial charge in [-0.15, -0.1) is 0 Å². The van der Waals surface area contributed by atoms with Gasteiger partial charge in [0.15, 0.2) is 0 Å². The summed E-state index contributed by atoms with van der Waals surface area (Å²) in [6, 6.07) is 4.63. The molecule has 118 valence electrons. The molecule has 1 aromatic carbocycles. The van der Waals surface area contributed by atoms with Crippen LogP contribution in [-0.2, 0) is 10.0 Å². The summed E-state index contributed by atoms with van der Waals surface area (Å²) in [5.74, 6) is 0.388. The third-order valence-corrected chi connectivity index (χ3v) is 5.66. The Kier molecular flexibility index (Phi) is 4.75. The fraction of sp³-hybridized carbons (Fsp3) is 0.571. The van der Waals surface area contributed by atoms with Crippen LogP contribution < -0.4 is 10.5 Å². The smallest absolute Gasteiger partial charge is 0.243 e. The number of nitrogen functional groups attached to an aromatic ring is 1. The number of benzene rings is 1. The predicted octanol–water partition coefficient (Wildman–Crippen LogP) is 0.992. The number of rotatable bonds is 5. The van der Waals surface area contributed by atoms with Crippen LogP contribution in [-0.4, -0.2) is 58.0 Å². The van der Waals surface area contributed by atoms with Crippen molar-refractivity contribution in [3.63, 3.8) is 0 Å². The van der Waals surface area contributed by atoms with Gasteiger partial charge in [-0.25, -0.2) is 8.42 Å². The highest BCUT2D eigenvalue weighted by Gasteiger charge is 2.35. The number of hydrogen-bond acceptors (Lipinski definition) is 5. The third-order valence-electron chi connectivity index (χ3n) is 3.71. The molecule has 21 heavy (non-hydrogen) atoms. The Labute approximate surface area is 126 Å². The third kappa shape index (κ3) is 3.30. The molecule has 0 aromatic heterocycles. The van der Waals surface area contributed by atoms with Gasteiger partial charge in [-0.05, 0) is 39.1 Å². The maximum absolute atomic E-state index is 12.8. The summed E-state index contributed by atoms with van der Waals surface area (Å²) in [6.45, 7) is 1.29. The summed E-state index contributed by atoms with van der Waals surface area (Å²) in [4.78, 5) is 2.25. The van der Waals surface area contributed by atoms with Gasteiger partial charge in [0.2, 0.25) is 10.0 Å². The molecule has 0 spiro atoms. The number of hydrogen-bond donors (Lipinski definition) is 1. The van der Waals surface area contributed by atoms with Crippen molar-refractivity contribution in [2.75, 3.05) is 40.0 Å². The molecule has 1 aliphatic rings. The van der Waals surface area contributed by atoms with E-state index in [-0.39, 0.29) is 10.9 Å². The van der Waals surface area contributed by atoms with E-state index in [1.807, 2.05) is 19.0 Å². The number of likely N-dealkylation sites (N-methyl/N-ethyl adjacent to an activating group) is 1. The Hall–Kier alpha value is -1.31. The first-order valence-corrected chi connectivity index (χ1v) is 8.40. The minimum atomic E-state index is -3.51. The van der Waals surface area contributed by atoms with Crippen molar-refractivity contribution in [1.29, 1.82) is 0 Å². The van der Waals surface area contributed by atoms with E-state index in [2.05, 4.69) is 0 Å². The zero-order valence-corrected chi connectivity index (χ0v) is 13.6. The molecule has 1 heterocycles. The standard InChI is InChI=1S/C14H23N3O3S/c1-16(2)10-11-5-4-8-17(11)21(18,19)12-6-7-13(15)14(9-12)20-3/h6-7,9,11H,4-5,8,10,15H2,1-3H3. The van der Waals surface area contributed by atoms with Gasteiger partial charge >= 0.3 is 0 Å². The fourth-order valence-corrected chi connectivity index (χ4v) is 4.42. The van der Waals surface area contributed by atoms with Crippen molar-refractivity contribution < 1.29 is 13.2 Å². The summed E-state index contributed by atoms with van der Waals surface area (Å²) in [6.07, 6.45) is 1.79. The molecule has 0 amide bonds. The van der Waals surface area contributed by atoms with E-state index in [0.717, 1.165) is 19.4 Å². The first kappa shape index (κ1) is 16.1. The van der Waals surface area contributed by atoms with Gasteiger partial charge in [0.05, 0.1) is 17.7 Å². The van der Waals surface area contributed by atoms with Gasteiger partial charge in [0, 0.05) is 25.2 Å². The van der Waals surface area contributed by atoms with Crippen LogP contribution in [0.5, 0.6) is 5.75 Å². The highest BCUT2D eigenvalue weighted by Crippen LogP contribution is 2.30. The second-order valence-electron chi connectivity index (χ2n) is 5.58. The molecule has 0 saturated carbocycles. The van der Waals surface area contributed by atoms with Crippen molar-refractivity contribution in [3.8, 4) is 5.75 Å². The molecule has 1 saturated heterocycles. The molecule has 1 unspecified atom stereocenters. The summed E-state index contributed by atoms with van der Waals surface area (Å²) < 4.78 is 32.3. The van der Waals surface area contributed by atoms with Crippen LogP contribution in [0.25, 0.3) is 0 Å². The lowest BCUT2D eigenvalue weighted by atomic mass is 10.2. The summed E-state index contributed by atoms with van der Waals surface area (Å²) in [5, 5.41) is 0. The van der Waals surface area contributed by atoms with E-state index in [4.69, 9.17) is 10.5 Å². The van der Waals surface area contributed by atoms with Crippen molar-refractivity contribution in [2.24, 2.45) is 0 Å². The van der Waals surface area contributed by atoms with E-state index in [0.29, 0.717) is 18.0 Å². The lowest BCUT2D eigenvalue weighted by Gasteiger charge is -2.26. The molecule has 7 heteroatoms. The lowest BCUT2D eigenvalue weighted by Crippen LogP contribution is -2.41. The summed E-state index contributed by atoms with van der Waals surface area (Å²) in [7, 11) is 1.87. The van der Waals surface area contributed by atoms with E-state index in [1.54, 1.807) is 10.4 Å². The molecule has 1 atom stereocenters. The zero-order valence-electron chi connectivity index (χ0n) is 12.7. The SMILES string of the molecule is COc1cc(S(=O)(=O)N2CCCC2CN(C)C)ccc1N. The largest absolute Gasteiger partial charge is 0.495 e. The number of anilines is 1. The average molecular weight is 313 g/mol. The molecule has 0 radical (unpaired) electrons. The highest BCUT2D eigenvalue weighted by molar-refractivity contribution is 7.89. The number of nitrogens with zero attached hydrogens (tertiary/aromatic N) is 2. The molecular formula is C14H23N3O3S. The Morgan fingerprint density at radius 3 is 2.76 bits per heavy atom. The lowest BCUT2D eigenvalue weighted by molar-refractivity contribution is 0.291. The number of methoxy groups -OCH3 is 1. The van der Waals surface area contributed by atoms with E-state index < -0.39 is 10.0 Å². The van der Waals surface area contributed by atoms with Crippen LogP contribution in [0.15, 0.2) is 23.1 Å². The van der Waals surface area contributed by atoms with Gasteiger partial charge in [-0.3, -0.25) is 0 Å². The average Bonchev–Trinajstić information content (AvgIpc) is 2.87. The monoisotopic (exact) mass is 313 g/mol. The number of nitrogens with two attached hydrogens (primary N) is 1. The molecule has 1 aliphatic heterocycles. The Morgan fingerprint density at radius 2 is 2.14 bits per heavy atom. The Bertz CT molecular complexity index is 601. The van der Waals surface area contributed by atoms with Crippen LogP contribution in [0.1, 0.15) is 12.8 Å². The van der Waals surface area contributed by atoms with Gasteiger partial charge in [-0.2, -0.15) is 4.31 Å². The van der Waals surface area contributed by atoms with E-state index >= 15 is 0 Å². The summed E-state index contributed by atoms with van der Waals surface area (Å²) in [5.41, 5.74) is 6.18. The van der Waals surface area contributed by atoms with E-state index in [9.17, 15) is 8.42 Å². The predicted molar refractivity (Wildman–Crippen MR) is 82.9 cm³/mol. The normalized spacial score (nSPS) is 20.1. The summed E-state index contributed by atoms with van der Waals surface area (Å²) >= 11 is 0. The van der Waals surface area contributed by atoms with Crippen LogP contribution in [0.4, 0.5) is 5.69 Å². The molecule has 0 bridgehead atoms. The number of sulfonamides is 1. The molecule has 1 aromatic rings. The molecule has 1 fully saturated rings. The van der Waals surface area contributed by atoms with Gasteiger partial charge in [0.1, 0.15) is 5.75 Å². The molecule has 6 nitrogen and oxygen atoms in total. The van der Waals surface area contributed by atoms with Crippen molar-refractivity contribution in [1.82, 2.24) is 9.21 Å². The Balaban J connectivity index is 2.33. The maximum atomic E-state index is 12.8. The Morgan fingerprint density at radius 1 is 1.43 bits per heavy atom. The van der Waals surface area contributed by atoms with Crippen LogP contribution in [0.2, 0.25) is 0 Å². The second-order valence-corrected chi connectivity index (χ2v) is 7.47. The minimum Gasteiger partial charge on any atom is -0.495 e. The first-order chi connectivity index (χ1) is 9.86. The van der Waals surface area contributed by atoms with Crippen molar-refractivity contribution in [3.05, 3.63) is 18.2 Å². The van der Waals surface area contributed by atoms with Gasteiger partial charge < -0.3 is 15.4 Å². The highest BCUT2D eigenvalue weighted by atomic mass is 32.2. The van der Waals surface area contributed by atoms with Crippen LogP contribution in [0.3, 0.4) is 0 Å². The molecule has 2 N–H and O–H groups in total. The van der Waals surface area contributed by atoms with Crippen LogP contribution >= 0.6 is 0 Å². The van der Waals surface area contributed by atoms with Crippen LogP contribution in [0, 0.1) is 0 Å². The quantitative estimate of drug-likeness (QED) is 0.821. The zero-order chi connectivity index (χ0) is 15.6. The van der Waals surface area contributed by atoms with Crippen molar-refractivity contribution in [2.45, 2.75) is 23.8 Å². The first-order valence-electron chi connectivity index (χ1n) is 6.96. The van der Waals surface area contributed by atoms with Gasteiger partial charge in [0.25, 0.3) is 0 Å². The second kappa shape index (κ2) is 6.21. The van der Waals surface area contributed by atoms with Gasteiger partial charge in [-0.1, -0.05) is 0 Å². The van der Waals surface area contributed by atoms with Crippen molar-refractivity contribution >= 4 is 15.7 Å². The molecule has 2 rings (SSSR count). The minimum absolute atomic E-state index is 0.0218. The molecular weight excluding hydrogens is 290 g/mol. The topological polar surface area (TPSA) is 75.9 Å². The maximum Gasteiger partial charge on any atom is 0.243 e. The van der Waals surface area contributed by atoms with E-state index in [1.165, 1.54) is 19.2 Å². The fourth-order valence-electron chi connectivity index (χ4n) is 2.72. The number of ether oxygens (including phenoxy) is 1.